The summed E-state index contributed by atoms with van der Waals surface area (Å²) in [6, 6.07) is 17.0. The lowest BCUT2D eigenvalue weighted by atomic mass is 9.94. The molecule has 1 amide bonds. The molecule has 0 spiro atoms. The summed E-state index contributed by atoms with van der Waals surface area (Å²) in [4.78, 5) is 32.3. The summed E-state index contributed by atoms with van der Waals surface area (Å²) in [7, 11) is 1.53. The third-order valence-corrected chi connectivity index (χ3v) is 6.05. The van der Waals surface area contributed by atoms with Crippen LogP contribution in [0.3, 0.4) is 0 Å². The van der Waals surface area contributed by atoms with Crippen molar-refractivity contribution in [2.75, 3.05) is 13.7 Å². The van der Waals surface area contributed by atoms with E-state index in [1.165, 1.54) is 12.0 Å². The number of para-hydroxylation sites is 1. The Bertz CT molecular complexity index is 1300. The maximum atomic E-state index is 13.3. The van der Waals surface area contributed by atoms with E-state index < -0.39 is 17.7 Å². The fourth-order valence-electron chi connectivity index (χ4n) is 4.30. The number of methoxy groups -OCH3 is 1. The lowest BCUT2D eigenvalue weighted by molar-refractivity contribution is -0.140. The van der Waals surface area contributed by atoms with E-state index in [1.54, 1.807) is 48.7 Å². The van der Waals surface area contributed by atoms with Crippen LogP contribution in [0, 0.1) is 12.8 Å². The normalized spacial score (nSPS) is 17.0. The van der Waals surface area contributed by atoms with Gasteiger partial charge >= 0.3 is 0 Å². The summed E-state index contributed by atoms with van der Waals surface area (Å²) in [6.45, 7) is 6.68. The molecular weight excluding hydrogens is 456 g/mol. The number of amides is 1. The van der Waals surface area contributed by atoms with Crippen LogP contribution in [0.2, 0.25) is 0 Å². The van der Waals surface area contributed by atoms with Crippen molar-refractivity contribution in [3.63, 3.8) is 0 Å². The van der Waals surface area contributed by atoms with Gasteiger partial charge in [-0.05, 0) is 54.8 Å². The first-order valence-corrected chi connectivity index (χ1v) is 11.9. The molecule has 0 aliphatic carbocycles. The van der Waals surface area contributed by atoms with Gasteiger partial charge in [-0.2, -0.15) is 0 Å². The Morgan fingerprint density at radius 1 is 1.06 bits per heavy atom. The number of nitrogens with zero attached hydrogens (tertiary/aromatic N) is 2. The number of pyridine rings is 1. The first-order chi connectivity index (χ1) is 17.3. The molecule has 7 heteroatoms. The molecule has 186 valence electrons. The molecule has 1 fully saturated rings. The smallest absolute Gasteiger partial charge is 0.296 e. The van der Waals surface area contributed by atoms with Crippen molar-refractivity contribution in [3.05, 3.63) is 94.8 Å². The van der Waals surface area contributed by atoms with Crippen molar-refractivity contribution in [1.82, 2.24) is 9.88 Å². The molecule has 2 heterocycles. The van der Waals surface area contributed by atoms with E-state index in [1.807, 2.05) is 25.1 Å². The van der Waals surface area contributed by atoms with Crippen molar-refractivity contribution in [3.8, 4) is 11.5 Å². The molecule has 7 nitrogen and oxygen atoms in total. The number of hydrogen-bond donors (Lipinski definition) is 1. The summed E-state index contributed by atoms with van der Waals surface area (Å²) >= 11 is 0. The second-order valence-electron chi connectivity index (χ2n) is 9.18. The summed E-state index contributed by atoms with van der Waals surface area (Å²) in [5, 5.41) is 11.4. The van der Waals surface area contributed by atoms with Gasteiger partial charge in [0.1, 0.15) is 17.3 Å². The molecule has 1 atom stereocenters. The summed E-state index contributed by atoms with van der Waals surface area (Å²) in [6.07, 6.45) is 1.63. The number of aliphatic hydroxyl groups is 1. The highest BCUT2D eigenvalue weighted by Crippen LogP contribution is 2.43. The standard InChI is InChI=1S/C29H30N2O5/c1-18(2)17-36-23-13-12-20(15-19(23)3)27(32)25-26(22-10-5-6-11-24(22)35-4)31(29(34)28(25)33)16-21-9-7-8-14-30-21/h5-15,18,26,32H,16-17H2,1-4H3/b27-25+. The average molecular weight is 487 g/mol. The molecule has 36 heavy (non-hydrogen) atoms. The fourth-order valence-corrected chi connectivity index (χ4v) is 4.30. The molecule has 4 rings (SSSR count). The zero-order valence-electron chi connectivity index (χ0n) is 20.9. The summed E-state index contributed by atoms with van der Waals surface area (Å²) < 4.78 is 11.4. The van der Waals surface area contributed by atoms with Crippen LogP contribution in [0.25, 0.3) is 5.76 Å². The maximum absolute atomic E-state index is 13.3. The number of hydrogen-bond acceptors (Lipinski definition) is 6. The van der Waals surface area contributed by atoms with Gasteiger partial charge in [-0.25, -0.2) is 0 Å². The fraction of sp³-hybridized carbons (Fsp3) is 0.276. The Morgan fingerprint density at radius 2 is 1.81 bits per heavy atom. The van der Waals surface area contributed by atoms with E-state index >= 15 is 0 Å². The van der Waals surface area contributed by atoms with Gasteiger partial charge in [0.25, 0.3) is 11.7 Å². The van der Waals surface area contributed by atoms with Gasteiger partial charge in [0.05, 0.1) is 37.6 Å². The lowest BCUT2D eigenvalue weighted by Crippen LogP contribution is -2.29. The number of carbonyl (C=O) groups excluding carboxylic acids is 2. The zero-order valence-corrected chi connectivity index (χ0v) is 20.9. The van der Waals surface area contributed by atoms with Crippen LogP contribution in [-0.4, -0.2) is 40.4 Å². The summed E-state index contributed by atoms with van der Waals surface area (Å²) in [5.41, 5.74) is 2.49. The van der Waals surface area contributed by atoms with E-state index in [0.29, 0.717) is 40.8 Å². The number of rotatable bonds is 8. The number of benzene rings is 2. The predicted octanol–water partition coefficient (Wildman–Crippen LogP) is 5.06. The molecule has 1 saturated heterocycles. The van der Waals surface area contributed by atoms with Gasteiger partial charge in [-0.1, -0.05) is 38.1 Å². The van der Waals surface area contributed by atoms with Crippen LogP contribution in [0.15, 0.2) is 72.4 Å². The molecule has 1 unspecified atom stereocenters. The highest BCUT2D eigenvalue weighted by atomic mass is 16.5. The number of Topliss-reactive ketones (excluding diaryl/α,β-unsaturated/α-hetero) is 1. The molecule has 1 aliphatic heterocycles. The van der Waals surface area contributed by atoms with Crippen LogP contribution in [-0.2, 0) is 16.1 Å². The van der Waals surface area contributed by atoms with Crippen LogP contribution >= 0.6 is 0 Å². The number of likely N-dealkylation sites (tertiary alicyclic amines) is 1. The maximum Gasteiger partial charge on any atom is 0.296 e. The van der Waals surface area contributed by atoms with Crippen molar-refractivity contribution in [2.45, 2.75) is 33.4 Å². The van der Waals surface area contributed by atoms with Crippen LogP contribution < -0.4 is 9.47 Å². The van der Waals surface area contributed by atoms with Crippen LogP contribution in [0.5, 0.6) is 11.5 Å². The molecule has 3 aromatic rings. The number of ether oxygens (including phenoxy) is 2. The Balaban J connectivity index is 1.82. The predicted molar refractivity (Wildman–Crippen MR) is 137 cm³/mol. The second-order valence-corrected chi connectivity index (χ2v) is 9.18. The molecule has 0 saturated carbocycles. The molecule has 2 aromatic carbocycles. The van der Waals surface area contributed by atoms with Gasteiger partial charge in [-0.15, -0.1) is 0 Å². The molecule has 0 radical (unpaired) electrons. The van der Waals surface area contributed by atoms with Gasteiger partial charge in [0.2, 0.25) is 0 Å². The Kier molecular flexibility index (Phi) is 7.38. The van der Waals surface area contributed by atoms with E-state index in [4.69, 9.17) is 9.47 Å². The van der Waals surface area contributed by atoms with Crippen LogP contribution in [0.4, 0.5) is 0 Å². The lowest BCUT2D eigenvalue weighted by Gasteiger charge is -2.26. The highest BCUT2D eigenvalue weighted by molar-refractivity contribution is 6.46. The minimum absolute atomic E-state index is 0.00989. The van der Waals surface area contributed by atoms with E-state index in [0.717, 1.165) is 5.56 Å². The number of aromatic nitrogens is 1. The monoisotopic (exact) mass is 486 g/mol. The SMILES string of the molecule is COc1ccccc1C1/C(=C(\O)c2ccc(OCC(C)C)c(C)c2)C(=O)C(=O)N1Cc1ccccn1. The Hall–Kier alpha value is -4.13. The number of carbonyl (C=O) groups is 2. The van der Waals surface area contributed by atoms with E-state index in [-0.39, 0.29) is 17.9 Å². The third kappa shape index (κ3) is 4.96. The van der Waals surface area contributed by atoms with Crippen molar-refractivity contribution in [2.24, 2.45) is 5.92 Å². The Morgan fingerprint density at radius 3 is 2.47 bits per heavy atom. The molecule has 0 bridgehead atoms. The van der Waals surface area contributed by atoms with Crippen LogP contribution in [0.1, 0.15) is 42.3 Å². The average Bonchev–Trinajstić information content (AvgIpc) is 3.12. The summed E-state index contributed by atoms with van der Waals surface area (Å²) in [5.74, 6) is -0.115. The van der Waals surface area contributed by atoms with Crippen molar-refractivity contribution >= 4 is 17.4 Å². The first-order valence-electron chi connectivity index (χ1n) is 11.9. The van der Waals surface area contributed by atoms with Gasteiger partial charge in [0.15, 0.2) is 0 Å². The molecular formula is C29H30N2O5. The quantitative estimate of drug-likeness (QED) is 0.272. The molecule has 1 aromatic heterocycles. The van der Waals surface area contributed by atoms with Gasteiger partial charge < -0.3 is 19.5 Å². The largest absolute Gasteiger partial charge is 0.507 e. The van der Waals surface area contributed by atoms with Crippen molar-refractivity contribution < 1.29 is 24.2 Å². The molecule has 1 aliphatic rings. The highest BCUT2D eigenvalue weighted by Gasteiger charge is 2.47. The zero-order chi connectivity index (χ0) is 25.8. The minimum Gasteiger partial charge on any atom is -0.507 e. The van der Waals surface area contributed by atoms with E-state index in [9.17, 15) is 14.7 Å². The molecule has 1 N–H and O–H groups in total. The first kappa shape index (κ1) is 25.0. The third-order valence-electron chi connectivity index (χ3n) is 6.05. The van der Waals surface area contributed by atoms with Gasteiger partial charge in [-0.3, -0.25) is 14.6 Å². The number of aliphatic hydroxyl groups excluding tert-OH is 1. The topological polar surface area (TPSA) is 89.0 Å². The number of aryl methyl sites for hydroxylation is 1. The van der Waals surface area contributed by atoms with Crippen molar-refractivity contribution in [1.29, 1.82) is 0 Å². The van der Waals surface area contributed by atoms with Gasteiger partial charge in [0, 0.05) is 17.3 Å². The van der Waals surface area contributed by atoms with E-state index in [2.05, 4.69) is 18.8 Å². The number of ketones is 1. The minimum atomic E-state index is -0.847. The Labute approximate surface area is 211 Å². The second kappa shape index (κ2) is 10.6.